The van der Waals surface area contributed by atoms with E-state index in [0.717, 1.165) is 5.56 Å². The van der Waals surface area contributed by atoms with Crippen LogP contribution in [0.2, 0.25) is 0 Å². The lowest BCUT2D eigenvalue weighted by Gasteiger charge is -2.18. The molecule has 0 bridgehead atoms. The van der Waals surface area contributed by atoms with Crippen LogP contribution in [0.3, 0.4) is 0 Å². The number of aryl methyl sites for hydroxylation is 2. The summed E-state index contributed by atoms with van der Waals surface area (Å²) in [5.74, 6) is 1.75. The molecule has 0 saturated carbocycles. The van der Waals surface area contributed by atoms with Crippen LogP contribution in [0.4, 0.5) is 5.95 Å². The summed E-state index contributed by atoms with van der Waals surface area (Å²) in [6, 6.07) is 4.54. The summed E-state index contributed by atoms with van der Waals surface area (Å²) in [5, 5.41) is 11.3. The van der Waals surface area contributed by atoms with Gasteiger partial charge in [-0.3, -0.25) is 9.29 Å². The Morgan fingerprint density at radius 1 is 1.11 bits per heavy atom. The number of ether oxygens (including phenoxy) is 1. The molecule has 4 aromatic heterocycles. The zero-order chi connectivity index (χ0) is 25.2. The second-order valence-electron chi connectivity index (χ2n) is 7.98. The molecule has 14 heteroatoms. The van der Waals surface area contributed by atoms with Gasteiger partial charge in [0.25, 0.3) is 0 Å². The number of rotatable bonds is 9. The molecule has 0 amide bonds. The number of pyridine rings is 1. The van der Waals surface area contributed by atoms with Gasteiger partial charge >= 0.3 is 0 Å². The Morgan fingerprint density at radius 3 is 2.51 bits per heavy atom. The van der Waals surface area contributed by atoms with Crippen LogP contribution in [0.5, 0.6) is 5.88 Å². The first-order chi connectivity index (χ1) is 16.7. The molecule has 35 heavy (non-hydrogen) atoms. The molecule has 0 aliphatic rings. The Bertz CT molecular complexity index is 1420. The zero-order valence-electron chi connectivity index (χ0n) is 19.9. The maximum Gasteiger partial charge on any atom is 0.249 e. The summed E-state index contributed by atoms with van der Waals surface area (Å²) in [7, 11) is -2.40. The van der Waals surface area contributed by atoms with Crippen molar-refractivity contribution in [2.75, 3.05) is 11.8 Å². The third kappa shape index (κ3) is 5.26. The summed E-state index contributed by atoms with van der Waals surface area (Å²) < 4.78 is 41.0. The quantitative estimate of drug-likeness (QED) is 0.359. The van der Waals surface area contributed by atoms with Gasteiger partial charge in [0.15, 0.2) is 11.6 Å². The minimum Gasteiger partial charge on any atom is -0.481 e. The van der Waals surface area contributed by atoms with Gasteiger partial charge in [0.05, 0.1) is 12.4 Å². The van der Waals surface area contributed by atoms with Crippen molar-refractivity contribution >= 4 is 16.0 Å². The molecule has 0 saturated heterocycles. The van der Waals surface area contributed by atoms with Crippen LogP contribution in [0.1, 0.15) is 43.0 Å². The molecule has 0 aromatic carbocycles. The lowest BCUT2D eigenvalue weighted by Crippen LogP contribution is -2.29. The maximum absolute atomic E-state index is 13.2. The standard InChI is InChI=1S/C21H25N9O4S/c1-12-10-22-17(23-11-12)9-13(2)35(31,32)29-21-27-26-19(16-7-6-8-18(25-16)33-5)30(21)14(3)20-24-15(4)28-34-20/h6-8,10-11,13-14H,9H2,1-5H3,(H,27,29)/t13-,14-/m0/s1. The van der Waals surface area contributed by atoms with Crippen molar-refractivity contribution in [2.45, 2.75) is 45.4 Å². The molecule has 1 N–H and O–H groups in total. The Kier molecular flexibility index (Phi) is 6.73. The molecule has 0 spiro atoms. The molecule has 4 aromatic rings. The number of anilines is 1. The lowest BCUT2D eigenvalue weighted by atomic mass is 10.3. The lowest BCUT2D eigenvalue weighted by molar-refractivity contribution is 0.344. The van der Waals surface area contributed by atoms with E-state index in [-0.39, 0.29) is 18.3 Å². The summed E-state index contributed by atoms with van der Waals surface area (Å²) in [6.07, 6.45) is 3.41. The first-order valence-electron chi connectivity index (χ1n) is 10.7. The van der Waals surface area contributed by atoms with Crippen molar-refractivity contribution < 1.29 is 17.7 Å². The van der Waals surface area contributed by atoms with Gasteiger partial charge in [-0.1, -0.05) is 11.2 Å². The zero-order valence-corrected chi connectivity index (χ0v) is 20.7. The Balaban J connectivity index is 1.70. The van der Waals surface area contributed by atoms with Gasteiger partial charge in [0.2, 0.25) is 27.7 Å². The summed E-state index contributed by atoms with van der Waals surface area (Å²) >= 11 is 0. The molecule has 0 aliphatic heterocycles. The second-order valence-corrected chi connectivity index (χ2v) is 10.1. The number of hydrogen-bond acceptors (Lipinski definition) is 11. The smallest absolute Gasteiger partial charge is 0.249 e. The van der Waals surface area contributed by atoms with Crippen LogP contribution >= 0.6 is 0 Å². The third-order valence-electron chi connectivity index (χ3n) is 5.21. The van der Waals surface area contributed by atoms with Crippen LogP contribution < -0.4 is 9.46 Å². The van der Waals surface area contributed by atoms with E-state index in [1.165, 1.54) is 7.11 Å². The van der Waals surface area contributed by atoms with Crippen LogP contribution in [-0.2, 0) is 16.4 Å². The summed E-state index contributed by atoms with van der Waals surface area (Å²) in [5.41, 5.74) is 1.31. The van der Waals surface area contributed by atoms with E-state index in [1.54, 1.807) is 55.9 Å². The fourth-order valence-electron chi connectivity index (χ4n) is 3.27. The van der Waals surface area contributed by atoms with Gasteiger partial charge in [-0.2, -0.15) is 4.98 Å². The van der Waals surface area contributed by atoms with Crippen LogP contribution in [0, 0.1) is 13.8 Å². The van der Waals surface area contributed by atoms with Crippen LogP contribution in [0.15, 0.2) is 35.1 Å². The second kappa shape index (κ2) is 9.74. The first kappa shape index (κ1) is 24.2. The minimum atomic E-state index is -3.90. The van der Waals surface area contributed by atoms with Crippen LogP contribution in [0.25, 0.3) is 11.5 Å². The molecule has 13 nitrogen and oxygen atoms in total. The molecule has 2 atom stereocenters. The highest BCUT2D eigenvalue weighted by Crippen LogP contribution is 2.29. The average Bonchev–Trinajstić information content (AvgIpc) is 3.46. The minimum absolute atomic E-state index is 0.0235. The molecule has 184 valence electrons. The number of nitrogens with zero attached hydrogens (tertiary/aromatic N) is 8. The van der Waals surface area contributed by atoms with Crippen molar-refractivity contribution in [2.24, 2.45) is 0 Å². The highest BCUT2D eigenvalue weighted by Gasteiger charge is 2.29. The van der Waals surface area contributed by atoms with Crippen molar-refractivity contribution in [3.8, 4) is 17.4 Å². The Morgan fingerprint density at radius 2 is 1.86 bits per heavy atom. The highest BCUT2D eigenvalue weighted by atomic mass is 32.2. The molecule has 0 radical (unpaired) electrons. The van der Waals surface area contributed by atoms with Gasteiger partial charge < -0.3 is 9.26 Å². The Labute approximate surface area is 202 Å². The van der Waals surface area contributed by atoms with Crippen molar-refractivity contribution in [1.29, 1.82) is 0 Å². The maximum atomic E-state index is 13.2. The molecule has 4 rings (SSSR count). The van der Waals surface area contributed by atoms with Gasteiger partial charge in [0, 0.05) is 24.9 Å². The van der Waals surface area contributed by atoms with E-state index in [2.05, 4.69) is 40.0 Å². The van der Waals surface area contributed by atoms with E-state index >= 15 is 0 Å². The van der Waals surface area contributed by atoms with Gasteiger partial charge in [0.1, 0.15) is 17.6 Å². The monoisotopic (exact) mass is 499 g/mol. The van der Waals surface area contributed by atoms with E-state index in [4.69, 9.17) is 9.26 Å². The molecular formula is C21H25N9O4S. The van der Waals surface area contributed by atoms with Crippen molar-refractivity contribution in [1.82, 2.24) is 39.9 Å². The number of sulfonamides is 1. The van der Waals surface area contributed by atoms with Crippen molar-refractivity contribution in [3.05, 3.63) is 53.7 Å². The number of methoxy groups -OCH3 is 1. The third-order valence-corrected chi connectivity index (χ3v) is 6.91. The fraction of sp³-hybridized carbons (Fsp3) is 0.381. The summed E-state index contributed by atoms with van der Waals surface area (Å²) in [6.45, 7) is 6.89. The Hall–Kier alpha value is -3.94. The predicted molar refractivity (Wildman–Crippen MR) is 125 cm³/mol. The molecular weight excluding hydrogens is 474 g/mol. The number of nitrogens with one attached hydrogen (secondary N) is 1. The fourth-order valence-corrected chi connectivity index (χ4v) is 4.23. The summed E-state index contributed by atoms with van der Waals surface area (Å²) in [4.78, 5) is 17.1. The topological polar surface area (TPSA) is 164 Å². The first-order valence-corrected chi connectivity index (χ1v) is 12.3. The molecule has 0 fully saturated rings. The van der Waals surface area contributed by atoms with Gasteiger partial charge in [-0.15, -0.1) is 10.2 Å². The van der Waals surface area contributed by atoms with E-state index < -0.39 is 21.3 Å². The SMILES string of the molecule is COc1cccc(-c2nnc(NS(=O)(=O)[C@@H](C)Cc3ncc(C)cn3)n2[C@@H](C)c2nc(C)no2)n1. The van der Waals surface area contributed by atoms with E-state index in [1.807, 2.05) is 6.92 Å². The van der Waals surface area contributed by atoms with Crippen LogP contribution in [-0.4, -0.2) is 60.6 Å². The molecule has 0 unspecified atom stereocenters. The van der Waals surface area contributed by atoms with Gasteiger partial charge in [-0.25, -0.2) is 23.4 Å². The highest BCUT2D eigenvalue weighted by molar-refractivity contribution is 7.93. The number of aromatic nitrogens is 8. The van der Waals surface area contributed by atoms with Gasteiger partial charge in [-0.05, 0) is 39.3 Å². The average molecular weight is 500 g/mol. The van der Waals surface area contributed by atoms with Crippen molar-refractivity contribution in [3.63, 3.8) is 0 Å². The predicted octanol–water partition coefficient (Wildman–Crippen LogP) is 2.12. The largest absolute Gasteiger partial charge is 0.481 e. The molecule has 4 heterocycles. The van der Waals surface area contributed by atoms with E-state index in [9.17, 15) is 8.42 Å². The number of hydrogen-bond donors (Lipinski definition) is 1. The van der Waals surface area contributed by atoms with E-state index in [0.29, 0.717) is 29.0 Å². The molecule has 0 aliphatic carbocycles. The normalized spacial score (nSPS) is 13.4.